The molecule has 1 aliphatic heterocycles. The molecule has 4 heteroatoms. The maximum absolute atomic E-state index is 6.49. The van der Waals surface area contributed by atoms with Crippen LogP contribution < -0.4 is 10.5 Å². The van der Waals surface area contributed by atoms with Gasteiger partial charge < -0.3 is 10.5 Å². The quantitative estimate of drug-likeness (QED) is 0.911. The monoisotopic (exact) mass is 332 g/mol. The molecule has 0 unspecified atom stereocenters. The van der Waals surface area contributed by atoms with E-state index in [0.29, 0.717) is 11.6 Å². The summed E-state index contributed by atoms with van der Waals surface area (Å²) >= 11 is 6.49. The number of hydrogen-bond donors (Lipinski definition) is 1. The number of nitrogens with zero attached hydrogens (tertiary/aromatic N) is 1. The van der Waals surface area contributed by atoms with E-state index in [1.165, 1.54) is 10.9 Å². The lowest BCUT2D eigenvalue weighted by Gasteiger charge is -2.38. The first-order chi connectivity index (χ1) is 11.0. The largest absolute Gasteiger partial charge is 0.492 e. The van der Waals surface area contributed by atoms with Crippen LogP contribution in [0.15, 0.2) is 30.3 Å². The molecule has 3 rings (SSSR count). The van der Waals surface area contributed by atoms with E-state index in [1.807, 2.05) is 13.0 Å². The summed E-state index contributed by atoms with van der Waals surface area (Å²) in [6.07, 6.45) is 2.24. The number of rotatable bonds is 4. The lowest BCUT2D eigenvalue weighted by Crippen LogP contribution is -2.51. The van der Waals surface area contributed by atoms with Crippen molar-refractivity contribution in [2.75, 3.05) is 19.7 Å². The average molecular weight is 333 g/mol. The molecular formula is C19H25ClN2O. The van der Waals surface area contributed by atoms with E-state index < -0.39 is 0 Å². The van der Waals surface area contributed by atoms with Gasteiger partial charge in [-0.05, 0) is 50.2 Å². The van der Waals surface area contributed by atoms with Crippen molar-refractivity contribution in [1.29, 1.82) is 0 Å². The Bertz CT molecular complexity index is 699. The standard InChI is InChI=1S/C19H25ClN2O/c1-3-23-18-16-8-5-4-7-15(16)14(11-17(18)20)12-22-10-6-9-19(2,21)13-22/h4-5,7-8,11H,3,6,9-10,12-13,21H2,1-2H3/t19-/m1/s1. The van der Waals surface area contributed by atoms with Crippen LogP contribution >= 0.6 is 11.6 Å². The fourth-order valence-electron chi connectivity index (χ4n) is 3.56. The highest BCUT2D eigenvalue weighted by Gasteiger charge is 2.27. The number of fused-ring (bicyclic) bond motifs is 1. The highest BCUT2D eigenvalue weighted by molar-refractivity contribution is 6.33. The average Bonchev–Trinajstić information content (AvgIpc) is 2.50. The van der Waals surface area contributed by atoms with Crippen LogP contribution in [0.4, 0.5) is 0 Å². The van der Waals surface area contributed by atoms with Gasteiger partial charge >= 0.3 is 0 Å². The molecule has 1 saturated heterocycles. The van der Waals surface area contributed by atoms with Gasteiger partial charge in [-0.1, -0.05) is 35.9 Å². The number of benzene rings is 2. The normalized spacial score (nSPS) is 22.4. The number of halogens is 1. The van der Waals surface area contributed by atoms with E-state index in [-0.39, 0.29) is 5.54 Å². The van der Waals surface area contributed by atoms with Gasteiger partial charge in [-0.3, -0.25) is 4.90 Å². The van der Waals surface area contributed by atoms with Crippen LogP contribution in [-0.2, 0) is 6.54 Å². The summed E-state index contributed by atoms with van der Waals surface area (Å²) in [5, 5.41) is 2.99. The van der Waals surface area contributed by atoms with Crippen molar-refractivity contribution in [3.8, 4) is 5.75 Å². The van der Waals surface area contributed by atoms with Gasteiger partial charge in [-0.2, -0.15) is 0 Å². The SMILES string of the molecule is CCOc1c(Cl)cc(CN2CCC[C@@](C)(N)C2)c2ccccc12. The number of hydrogen-bond acceptors (Lipinski definition) is 3. The predicted octanol–water partition coefficient (Wildman–Crippen LogP) is 4.21. The van der Waals surface area contributed by atoms with Gasteiger partial charge in [0.05, 0.1) is 11.6 Å². The first kappa shape index (κ1) is 16.6. The van der Waals surface area contributed by atoms with Crippen LogP contribution in [0.1, 0.15) is 32.3 Å². The first-order valence-electron chi connectivity index (χ1n) is 8.34. The van der Waals surface area contributed by atoms with Crippen molar-refractivity contribution >= 4 is 22.4 Å². The molecule has 0 radical (unpaired) electrons. The number of likely N-dealkylation sites (tertiary alicyclic amines) is 1. The second kappa shape index (κ2) is 6.68. The van der Waals surface area contributed by atoms with E-state index in [0.717, 1.165) is 43.6 Å². The van der Waals surface area contributed by atoms with Gasteiger partial charge in [0, 0.05) is 24.0 Å². The van der Waals surface area contributed by atoms with Crippen LogP contribution in [0, 0.1) is 0 Å². The maximum Gasteiger partial charge on any atom is 0.145 e. The summed E-state index contributed by atoms with van der Waals surface area (Å²) in [7, 11) is 0. The molecule has 2 aromatic rings. The van der Waals surface area contributed by atoms with Crippen LogP contribution in [0.3, 0.4) is 0 Å². The molecule has 2 N–H and O–H groups in total. The van der Waals surface area contributed by atoms with Gasteiger partial charge in [-0.15, -0.1) is 0 Å². The molecule has 0 amide bonds. The van der Waals surface area contributed by atoms with E-state index in [2.05, 4.69) is 36.1 Å². The summed E-state index contributed by atoms with van der Waals surface area (Å²) in [6, 6.07) is 10.4. The number of ether oxygens (including phenoxy) is 1. The third-order valence-electron chi connectivity index (χ3n) is 4.53. The Labute approximate surface area is 143 Å². The zero-order valence-corrected chi connectivity index (χ0v) is 14.7. The minimum atomic E-state index is -0.0941. The lowest BCUT2D eigenvalue weighted by molar-refractivity contribution is 0.154. The van der Waals surface area contributed by atoms with E-state index in [1.54, 1.807) is 0 Å². The van der Waals surface area contributed by atoms with Crippen molar-refractivity contribution in [1.82, 2.24) is 4.90 Å². The van der Waals surface area contributed by atoms with Crippen LogP contribution in [0.2, 0.25) is 5.02 Å². The summed E-state index contributed by atoms with van der Waals surface area (Å²) in [4.78, 5) is 2.43. The molecule has 23 heavy (non-hydrogen) atoms. The molecule has 0 spiro atoms. The number of piperidine rings is 1. The summed E-state index contributed by atoms with van der Waals surface area (Å²) in [5.41, 5.74) is 7.49. The minimum Gasteiger partial charge on any atom is -0.492 e. The highest BCUT2D eigenvalue weighted by Crippen LogP contribution is 2.37. The molecular weight excluding hydrogens is 308 g/mol. The van der Waals surface area contributed by atoms with Crippen molar-refractivity contribution in [3.05, 3.63) is 40.9 Å². The summed E-state index contributed by atoms with van der Waals surface area (Å²) in [6.45, 7) is 7.62. The van der Waals surface area contributed by atoms with E-state index in [9.17, 15) is 0 Å². The summed E-state index contributed by atoms with van der Waals surface area (Å²) in [5.74, 6) is 0.788. The molecule has 0 aromatic heterocycles. The molecule has 0 bridgehead atoms. The lowest BCUT2D eigenvalue weighted by atomic mass is 9.92. The molecule has 0 saturated carbocycles. The Hall–Kier alpha value is -1.29. The first-order valence-corrected chi connectivity index (χ1v) is 8.72. The predicted molar refractivity (Wildman–Crippen MR) is 97.2 cm³/mol. The smallest absolute Gasteiger partial charge is 0.145 e. The van der Waals surface area contributed by atoms with Gasteiger partial charge in [0.25, 0.3) is 0 Å². The van der Waals surface area contributed by atoms with Gasteiger partial charge in [0.15, 0.2) is 0 Å². The van der Waals surface area contributed by atoms with Gasteiger partial charge in [0.1, 0.15) is 5.75 Å². The molecule has 124 valence electrons. The molecule has 1 heterocycles. The van der Waals surface area contributed by atoms with Crippen molar-refractivity contribution in [3.63, 3.8) is 0 Å². The second-order valence-corrected chi connectivity index (χ2v) is 7.20. The Balaban J connectivity index is 1.96. The van der Waals surface area contributed by atoms with Crippen LogP contribution in [-0.4, -0.2) is 30.1 Å². The fraction of sp³-hybridized carbons (Fsp3) is 0.474. The fourth-order valence-corrected chi connectivity index (χ4v) is 3.85. The molecule has 3 nitrogen and oxygen atoms in total. The Kier molecular flexibility index (Phi) is 4.81. The molecule has 1 aliphatic rings. The third-order valence-corrected chi connectivity index (χ3v) is 4.81. The van der Waals surface area contributed by atoms with E-state index in [4.69, 9.17) is 22.1 Å². The van der Waals surface area contributed by atoms with Crippen molar-refractivity contribution < 1.29 is 4.74 Å². The third kappa shape index (κ3) is 3.63. The Morgan fingerprint density at radius 3 is 2.74 bits per heavy atom. The molecule has 1 fully saturated rings. The zero-order valence-electron chi connectivity index (χ0n) is 13.9. The number of nitrogens with two attached hydrogens (primary N) is 1. The molecule has 1 atom stereocenters. The van der Waals surface area contributed by atoms with Crippen molar-refractivity contribution in [2.45, 2.75) is 38.8 Å². The summed E-state index contributed by atoms with van der Waals surface area (Å²) < 4.78 is 5.76. The second-order valence-electron chi connectivity index (χ2n) is 6.79. The van der Waals surface area contributed by atoms with Crippen molar-refractivity contribution in [2.24, 2.45) is 5.73 Å². The molecule has 2 aromatic carbocycles. The van der Waals surface area contributed by atoms with Crippen LogP contribution in [0.5, 0.6) is 5.75 Å². The Morgan fingerprint density at radius 2 is 2.04 bits per heavy atom. The van der Waals surface area contributed by atoms with Gasteiger partial charge in [0.2, 0.25) is 0 Å². The minimum absolute atomic E-state index is 0.0941. The topological polar surface area (TPSA) is 38.5 Å². The van der Waals surface area contributed by atoms with E-state index >= 15 is 0 Å². The maximum atomic E-state index is 6.49. The van der Waals surface area contributed by atoms with Crippen LogP contribution in [0.25, 0.3) is 10.8 Å². The highest BCUT2D eigenvalue weighted by atomic mass is 35.5. The molecule has 0 aliphatic carbocycles. The van der Waals surface area contributed by atoms with Gasteiger partial charge in [-0.25, -0.2) is 0 Å². The Morgan fingerprint density at radius 1 is 1.30 bits per heavy atom. The zero-order chi connectivity index (χ0) is 16.4.